The molecule has 1 heterocycles. The van der Waals surface area contributed by atoms with Crippen LogP contribution < -0.4 is 24.8 Å². The van der Waals surface area contributed by atoms with Gasteiger partial charge in [-0.2, -0.15) is 0 Å². The molecule has 3 rings (SSSR count). The van der Waals surface area contributed by atoms with E-state index in [4.69, 9.17) is 9.47 Å². The Labute approximate surface area is 181 Å². The van der Waals surface area contributed by atoms with Crippen LogP contribution >= 0.6 is 0 Å². The van der Waals surface area contributed by atoms with Gasteiger partial charge in [-0.05, 0) is 35.9 Å². The molecule has 10 heteroatoms. The normalized spacial score (nSPS) is 12.6. The van der Waals surface area contributed by atoms with E-state index < -0.39 is 15.9 Å². The summed E-state index contributed by atoms with van der Waals surface area (Å²) in [6, 6.07) is 10.9. The molecule has 2 amide bonds. The first-order chi connectivity index (χ1) is 14.8. The van der Waals surface area contributed by atoms with Crippen LogP contribution in [0.3, 0.4) is 0 Å². The highest BCUT2D eigenvalue weighted by Gasteiger charge is 2.18. The van der Waals surface area contributed by atoms with Crippen LogP contribution in [0.15, 0.2) is 47.4 Å². The van der Waals surface area contributed by atoms with Crippen molar-refractivity contribution in [3.05, 3.63) is 53.6 Å². The number of fused-ring (bicyclic) bond motifs is 1. The Kier molecular flexibility index (Phi) is 7.13. The fraction of sp³-hybridized carbons (Fsp3) is 0.333. The molecule has 1 aliphatic rings. The van der Waals surface area contributed by atoms with Crippen LogP contribution in [0.2, 0.25) is 0 Å². The molecular formula is C21H25N3O6S. The van der Waals surface area contributed by atoms with Crippen LogP contribution in [-0.4, -0.2) is 40.1 Å². The van der Waals surface area contributed by atoms with E-state index in [1.807, 2.05) is 0 Å². The van der Waals surface area contributed by atoms with E-state index in [2.05, 4.69) is 15.4 Å². The Bertz CT molecular complexity index is 1070. The first kappa shape index (κ1) is 22.6. The van der Waals surface area contributed by atoms with Crippen LogP contribution in [0.4, 0.5) is 0 Å². The molecule has 166 valence electrons. The smallest absolute Gasteiger partial charge is 0.251 e. The van der Waals surface area contributed by atoms with Crippen molar-refractivity contribution in [1.82, 2.24) is 15.4 Å². The number of carbonyl (C=O) groups is 2. The quantitative estimate of drug-likeness (QED) is 0.500. The molecular weight excluding hydrogens is 422 g/mol. The van der Waals surface area contributed by atoms with E-state index in [0.29, 0.717) is 17.1 Å². The standard InChI is InChI=1S/C21H25N3O6S/c1-14(2)20(25)22-8-9-23-21(26)16-4-3-5-17(11-16)31(27,28)24-12-15-6-7-18-19(10-15)30-13-29-18/h3-7,10-11,14,24H,8-9,12-13H2,1-2H3,(H,22,25)(H,23,26). The highest BCUT2D eigenvalue weighted by atomic mass is 32.2. The Morgan fingerprint density at radius 2 is 1.74 bits per heavy atom. The van der Waals surface area contributed by atoms with Crippen molar-refractivity contribution < 1.29 is 27.5 Å². The zero-order chi connectivity index (χ0) is 22.4. The summed E-state index contributed by atoms with van der Waals surface area (Å²) in [4.78, 5) is 23.8. The summed E-state index contributed by atoms with van der Waals surface area (Å²) in [6.07, 6.45) is 0. The lowest BCUT2D eigenvalue weighted by Gasteiger charge is -2.10. The average molecular weight is 448 g/mol. The molecule has 0 unspecified atom stereocenters. The van der Waals surface area contributed by atoms with Gasteiger partial charge in [0, 0.05) is 31.1 Å². The molecule has 1 aliphatic heterocycles. The van der Waals surface area contributed by atoms with E-state index in [9.17, 15) is 18.0 Å². The summed E-state index contributed by atoms with van der Waals surface area (Å²) >= 11 is 0. The summed E-state index contributed by atoms with van der Waals surface area (Å²) in [6.45, 7) is 4.28. The van der Waals surface area contributed by atoms with Crippen molar-refractivity contribution in [1.29, 1.82) is 0 Å². The highest BCUT2D eigenvalue weighted by molar-refractivity contribution is 7.89. The maximum atomic E-state index is 12.7. The van der Waals surface area contributed by atoms with Gasteiger partial charge in [0.15, 0.2) is 11.5 Å². The van der Waals surface area contributed by atoms with Crippen molar-refractivity contribution in [2.24, 2.45) is 5.92 Å². The number of benzene rings is 2. The van der Waals surface area contributed by atoms with Crippen molar-refractivity contribution in [3.8, 4) is 11.5 Å². The SMILES string of the molecule is CC(C)C(=O)NCCNC(=O)c1cccc(S(=O)(=O)NCc2ccc3c(c2)OCO3)c1. The van der Waals surface area contributed by atoms with Crippen LogP contribution in [0.1, 0.15) is 29.8 Å². The van der Waals surface area contributed by atoms with Gasteiger partial charge in [0.25, 0.3) is 5.91 Å². The maximum Gasteiger partial charge on any atom is 0.251 e. The summed E-state index contributed by atoms with van der Waals surface area (Å²) in [5, 5.41) is 5.36. The minimum atomic E-state index is -3.83. The number of hydrogen-bond acceptors (Lipinski definition) is 6. The van der Waals surface area contributed by atoms with Crippen LogP contribution in [0.5, 0.6) is 11.5 Å². The fourth-order valence-electron chi connectivity index (χ4n) is 2.78. The van der Waals surface area contributed by atoms with Gasteiger partial charge in [-0.1, -0.05) is 26.0 Å². The third kappa shape index (κ3) is 5.96. The van der Waals surface area contributed by atoms with E-state index >= 15 is 0 Å². The second-order valence-electron chi connectivity index (χ2n) is 7.24. The van der Waals surface area contributed by atoms with Crippen LogP contribution in [-0.2, 0) is 21.4 Å². The molecule has 0 radical (unpaired) electrons. The van der Waals surface area contributed by atoms with Gasteiger partial charge in [-0.15, -0.1) is 0 Å². The van der Waals surface area contributed by atoms with Gasteiger partial charge in [0.05, 0.1) is 4.90 Å². The number of amides is 2. The molecule has 0 aliphatic carbocycles. The molecule has 0 saturated heterocycles. The van der Waals surface area contributed by atoms with Crippen LogP contribution in [0.25, 0.3) is 0 Å². The van der Waals surface area contributed by atoms with Crippen molar-refractivity contribution >= 4 is 21.8 Å². The number of carbonyl (C=O) groups excluding carboxylic acids is 2. The Balaban J connectivity index is 1.57. The number of nitrogens with one attached hydrogen (secondary N) is 3. The second-order valence-corrected chi connectivity index (χ2v) is 9.01. The summed E-state index contributed by atoms with van der Waals surface area (Å²) in [7, 11) is -3.83. The van der Waals surface area contributed by atoms with E-state index in [0.717, 1.165) is 0 Å². The summed E-state index contributed by atoms with van der Waals surface area (Å²) < 4.78 is 38.4. The highest BCUT2D eigenvalue weighted by Crippen LogP contribution is 2.32. The third-order valence-electron chi connectivity index (χ3n) is 4.54. The van der Waals surface area contributed by atoms with Gasteiger partial charge in [0.2, 0.25) is 22.7 Å². The van der Waals surface area contributed by atoms with E-state index in [1.165, 1.54) is 24.3 Å². The van der Waals surface area contributed by atoms with E-state index in [-0.39, 0.29) is 48.7 Å². The monoisotopic (exact) mass is 447 g/mol. The van der Waals surface area contributed by atoms with Gasteiger partial charge < -0.3 is 20.1 Å². The van der Waals surface area contributed by atoms with Crippen LogP contribution in [0, 0.1) is 5.92 Å². The molecule has 2 aromatic carbocycles. The molecule has 0 atom stereocenters. The zero-order valence-corrected chi connectivity index (χ0v) is 18.1. The summed E-state index contributed by atoms with van der Waals surface area (Å²) in [5.41, 5.74) is 0.923. The van der Waals surface area contributed by atoms with Gasteiger partial charge >= 0.3 is 0 Å². The largest absolute Gasteiger partial charge is 0.454 e. The number of sulfonamides is 1. The molecule has 0 saturated carbocycles. The predicted molar refractivity (Wildman–Crippen MR) is 113 cm³/mol. The van der Waals surface area contributed by atoms with E-state index in [1.54, 1.807) is 32.0 Å². The second kappa shape index (κ2) is 9.80. The molecule has 0 spiro atoms. The lowest BCUT2D eigenvalue weighted by atomic mass is 10.2. The maximum absolute atomic E-state index is 12.7. The minimum Gasteiger partial charge on any atom is -0.454 e. The first-order valence-corrected chi connectivity index (χ1v) is 11.3. The molecule has 2 aromatic rings. The fourth-order valence-corrected chi connectivity index (χ4v) is 3.85. The predicted octanol–water partition coefficient (Wildman–Crippen LogP) is 1.40. The van der Waals surface area contributed by atoms with Gasteiger partial charge in [0.1, 0.15) is 0 Å². The molecule has 0 fully saturated rings. The van der Waals surface area contributed by atoms with Crippen molar-refractivity contribution in [2.45, 2.75) is 25.3 Å². The number of ether oxygens (including phenoxy) is 2. The molecule has 0 aromatic heterocycles. The molecule has 9 nitrogen and oxygen atoms in total. The Hall–Kier alpha value is -3.11. The Morgan fingerprint density at radius 1 is 1.00 bits per heavy atom. The summed E-state index contributed by atoms with van der Waals surface area (Å²) in [5.74, 6) is 0.527. The lowest BCUT2D eigenvalue weighted by Crippen LogP contribution is -2.36. The molecule has 31 heavy (non-hydrogen) atoms. The average Bonchev–Trinajstić information content (AvgIpc) is 3.23. The molecule has 3 N–H and O–H groups in total. The topological polar surface area (TPSA) is 123 Å². The molecule has 0 bridgehead atoms. The minimum absolute atomic E-state index is 0.0194. The first-order valence-electron chi connectivity index (χ1n) is 9.80. The Morgan fingerprint density at radius 3 is 2.52 bits per heavy atom. The number of hydrogen-bond donors (Lipinski definition) is 3. The van der Waals surface area contributed by atoms with Crippen molar-refractivity contribution in [3.63, 3.8) is 0 Å². The van der Waals surface area contributed by atoms with Gasteiger partial charge in [-0.25, -0.2) is 13.1 Å². The number of rotatable bonds is 9. The lowest BCUT2D eigenvalue weighted by molar-refractivity contribution is -0.123. The van der Waals surface area contributed by atoms with Crippen molar-refractivity contribution in [2.75, 3.05) is 19.9 Å². The van der Waals surface area contributed by atoms with Gasteiger partial charge in [-0.3, -0.25) is 9.59 Å². The third-order valence-corrected chi connectivity index (χ3v) is 5.94. The zero-order valence-electron chi connectivity index (χ0n) is 17.3.